The van der Waals surface area contributed by atoms with Crippen LogP contribution >= 0.6 is 0 Å². The molecule has 6 atom stereocenters. The number of aliphatic hydroxyl groups excluding tert-OH is 1. The smallest absolute Gasteiger partial charge is 0.338 e. The van der Waals surface area contributed by atoms with Gasteiger partial charge >= 0.3 is 11.9 Å². The lowest BCUT2D eigenvalue weighted by Gasteiger charge is -2.40. The van der Waals surface area contributed by atoms with Crippen LogP contribution in [0, 0.1) is 5.92 Å². The quantitative estimate of drug-likeness (QED) is 0.369. The molecule has 0 radical (unpaired) electrons. The SMILES string of the molecule is CCC1CCC(OC(C)(C)C)C(OC(=O)C(C)(C)OC(C)COC(=O)C(C)(C)OC2CCCC(O)C2)C1. The van der Waals surface area contributed by atoms with Crippen LogP contribution in [0.1, 0.15) is 114 Å². The molecule has 2 fully saturated rings. The summed E-state index contributed by atoms with van der Waals surface area (Å²) in [5, 5.41) is 9.88. The summed E-state index contributed by atoms with van der Waals surface area (Å²) in [4.78, 5) is 25.9. The molecule has 2 saturated carbocycles. The van der Waals surface area contributed by atoms with Crippen molar-refractivity contribution in [3.63, 3.8) is 0 Å². The molecule has 8 nitrogen and oxygen atoms in total. The third kappa shape index (κ3) is 10.5. The molecule has 0 amide bonds. The molecule has 0 aromatic heterocycles. The van der Waals surface area contributed by atoms with E-state index in [4.69, 9.17) is 23.7 Å². The standard InChI is InChI=1S/C29H52O8/c1-10-20-14-15-23(37-27(3,4)5)24(16-20)34-26(32)29(8,9)35-19(2)18-33-25(31)28(6,7)36-22-13-11-12-21(30)17-22/h19-24,30H,10-18H2,1-9H3. The summed E-state index contributed by atoms with van der Waals surface area (Å²) >= 11 is 0. The van der Waals surface area contributed by atoms with E-state index >= 15 is 0 Å². The second-order valence-electron chi connectivity index (χ2n) is 12.9. The highest BCUT2D eigenvalue weighted by Crippen LogP contribution is 2.34. The zero-order chi connectivity index (χ0) is 28.0. The van der Waals surface area contributed by atoms with E-state index in [0.717, 1.165) is 44.9 Å². The Morgan fingerprint density at radius 3 is 2.14 bits per heavy atom. The molecule has 37 heavy (non-hydrogen) atoms. The van der Waals surface area contributed by atoms with E-state index in [0.29, 0.717) is 12.3 Å². The van der Waals surface area contributed by atoms with Gasteiger partial charge in [0.1, 0.15) is 12.7 Å². The van der Waals surface area contributed by atoms with Gasteiger partial charge in [-0.15, -0.1) is 0 Å². The van der Waals surface area contributed by atoms with E-state index < -0.39 is 35.3 Å². The summed E-state index contributed by atoms with van der Waals surface area (Å²) in [6, 6.07) is 0. The lowest BCUT2D eigenvalue weighted by molar-refractivity contribution is -0.202. The van der Waals surface area contributed by atoms with Gasteiger partial charge < -0.3 is 28.8 Å². The maximum atomic E-state index is 13.2. The van der Waals surface area contributed by atoms with Gasteiger partial charge in [-0.2, -0.15) is 0 Å². The summed E-state index contributed by atoms with van der Waals surface area (Å²) < 4.78 is 29.7. The number of esters is 2. The van der Waals surface area contributed by atoms with Crippen LogP contribution < -0.4 is 0 Å². The Hall–Kier alpha value is -1.22. The molecule has 0 heterocycles. The lowest BCUT2D eigenvalue weighted by Crippen LogP contribution is -2.48. The number of ether oxygens (including phenoxy) is 5. The fourth-order valence-corrected chi connectivity index (χ4v) is 5.19. The highest BCUT2D eigenvalue weighted by molar-refractivity contribution is 5.79. The van der Waals surface area contributed by atoms with Gasteiger partial charge in [0.05, 0.1) is 30.0 Å². The second-order valence-corrected chi connectivity index (χ2v) is 12.9. The average molecular weight is 529 g/mol. The van der Waals surface area contributed by atoms with Gasteiger partial charge in [0.2, 0.25) is 0 Å². The van der Waals surface area contributed by atoms with Gasteiger partial charge in [0, 0.05) is 0 Å². The monoisotopic (exact) mass is 528 g/mol. The Labute approximate surface area is 224 Å². The van der Waals surface area contributed by atoms with Crippen molar-refractivity contribution < 1.29 is 38.4 Å². The number of rotatable bonds is 11. The van der Waals surface area contributed by atoms with E-state index in [-0.39, 0.29) is 30.5 Å². The van der Waals surface area contributed by atoms with Crippen molar-refractivity contribution in [3.05, 3.63) is 0 Å². The molecule has 2 aliphatic carbocycles. The first-order chi connectivity index (χ1) is 17.0. The largest absolute Gasteiger partial charge is 0.461 e. The van der Waals surface area contributed by atoms with E-state index in [1.54, 1.807) is 34.6 Å². The predicted molar refractivity (Wildman–Crippen MR) is 141 cm³/mol. The van der Waals surface area contributed by atoms with Crippen LogP contribution in [0.4, 0.5) is 0 Å². The fraction of sp³-hybridized carbons (Fsp3) is 0.931. The molecule has 1 N–H and O–H groups in total. The van der Waals surface area contributed by atoms with E-state index in [2.05, 4.69) is 6.92 Å². The molecule has 8 heteroatoms. The zero-order valence-corrected chi connectivity index (χ0v) is 24.6. The number of carbonyl (C=O) groups is 2. The van der Waals surface area contributed by atoms with Crippen molar-refractivity contribution in [1.82, 2.24) is 0 Å². The maximum Gasteiger partial charge on any atom is 0.338 e. The molecule has 2 aliphatic rings. The first-order valence-electron chi connectivity index (χ1n) is 14.1. The normalized spacial score (nSPS) is 28.4. The molecule has 0 spiro atoms. The molecule has 216 valence electrons. The van der Waals surface area contributed by atoms with E-state index in [9.17, 15) is 14.7 Å². The van der Waals surface area contributed by atoms with Crippen LogP contribution in [0.2, 0.25) is 0 Å². The molecule has 2 rings (SSSR count). The number of aliphatic hydroxyl groups is 1. The topological polar surface area (TPSA) is 101 Å². The molecule has 6 unspecified atom stereocenters. The van der Waals surface area contributed by atoms with Gasteiger partial charge in [-0.1, -0.05) is 13.3 Å². The van der Waals surface area contributed by atoms with Gasteiger partial charge in [-0.25, -0.2) is 9.59 Å². The van der Waals surface area contributed by atoms with Crippen molar-refractivity contribution in [1.29, 1.82) is 0 Å². The van der Waals surface area contributed by atoms with Crippen LogP contribution in [0.3, 0.4) is 0 Å². The minimum atomic E-state index is -1.22. The van der Waals surface area contributed by atoms with Crippen molar-refractivity contribution in [3.8, 4) is 0 Å². The van der Waals surface area contributed by atoms with Crippen LogP contribution in [0.5, 0.6) is 0 Å². The zero-order valence-electron chi connectivity index (χ0n) is 24.6. The van der Waals surface area contributed by atoms with Gasteiger partial charge in [0.25, 0.3) is 0 Å². The molecule has 0 saturated heterocycles. The molecular weight excluding hydrogens is 476 g/mol. The van der Waals surface area contributed by atoms with Crippen molar-refractivity contribution in [2.45, 2.75) is 161 Å². The van der Waals surface area contributed by atoms with Crippen LogP contribution in [0.25, 0.3) is 0 Å². The van der Waals surface area contributed by atoms with Gasteiger partial charge in [-0.3, -0.25) is 0 Å². The minimum Gasteiger partial charge on any atom is -0.461 e. The van der Waals surface area contributed by atoms with Crippen LogP contribution in [-0.2, 0) is 33.3 Å². The summed E-state index contributed by atoms with van der Waals surface area (Å²) in [6.45, 7) is 16.6. The van der Waals surface area contributed by atoms with Crippen molar-refractivity contribution in [2.24, 2.45) is 5.92 Å². The average Bonchev–Trinajstić information content (AvgIpc) is 2.77. The molecule has 0 aliphatic heterocycles. The van der Waals surface area contributed by atoms with Crippen LogP contribution in [-0.4, -0.2) is 71.0 Å². The highest BCUT2D eigenvalue weighted by Gasteiger charge is 2.41. The Balaban J connectivity index is 1.88. The van der Waals surface area contributed by atoms with E-state index in [1.165, 1.54) is 0 Å². The highest BCUT2D eigenvalue weighted by atomic mass is 16.6. The molecular formula is C29H52O8. The van der Waals surface area contributed by atoms with Gasteiger partial charge in [0.15, 0.2) is 11.2 Å². The Morgan fingerprint density at radius 1 is 0.865 bits per heavy atom. The summed E-state index contributed by atoms with van der Waals surface area (Å²) in [7, 11) is 0. The number of hydrogen-bond donors (Lipinski definition) is 1. The first-order valence-corrected chi connectivity index (χ1v) is 14.1. The third-order valence-electron chi connectivity index (χ3n) is 7.17. The fourth-order valence-electron chi connectivity index (χ4n) is 5.19. The third-order valence-corrected chi connectivity index (χ3v) is 7.17. The number of hydrogen-bond acceptors (Lipinski definition) is 8. The predicted octanol–water partition coefficient (Wildman–Crippen LogP) is 5.12. The van der Waals surface area contributed by atoms with Crippen molar-refractivity contribution in [2.75, 3.05) is 6.61 Å². The first kappa shape index (κ1) is 32.0. The Kier molecular flexibility index (Phi) is 11.4. The minimum absolute atomic E-state index is 0.0211. The van der Waals surface area contributed by atoms with Gasteiger partial charge in [-0.05, 0) is 106 Å². The summed E-state index contributed by atoms with van der Waals surface area (Å²) in [5.74, 6) is -0.449. The molecule has 0 aromatic carbocycles. The van der Waals surface area contributed by atoms with Crippen molar-refractivity contribution >= 4 is 11.9 Å². The Bertz CT molecular complexity index is 741. The summed E-state index contributed by atoms with van der Waals surface area (Å²) in [6.07, 6.45) is 5.15. The van der Waals surface area contributed by atoms with E-state index in [1.807, 2.05) is 20.8 Å². The molecule has 0 aromatic rings. The van der Waals surface area contributed by atoms with Crippen LogP contribution in [0.15, 0.2) is 0 Å². The second kappa shape index (κ2) is 13.2. The number of carbonyl (C=O) groups excluding carboxylic acids is 2. The lowest BCUT2D eigenvalue weighted by atomic mass is 9.83. The maximum absolute atomic E-state index is 13.2. The molecule has 0 bridgehead atoms. The summed E-state index contributed by atoms with van der Waals surface area (Å²) in [5.41, 5.74) is -2.69. The Morgan fingerprint density at radius 2 is 1.54 bits per heavy atom.